The van der Waals surface area contributed by atoms with E-state index < -0.39 is 0 Å². The standard InChI is InChI=1S/C18H22N2O3/c1-13-12-17(23-19-13)16-4-3-11-20(16)18(21)10-7-14-5-8-15(22-2)9-6-14/h5-6,8-9,12,16H,3-4,7,10-11H2,1-2H3/t16-/m1/s1. The van der Waals surface area contributed by atoms with E-state index in [-0.39, 0.29) is 11.9 Å². The zero-order valence-electron chi connectivity index (χ0n) is 13.6. The van der Waals surface area contributed by atoms with Gasteiger partial charge < -0.3 is 14.2 Å². The minimum Gasteiger partial charge on any atom is -0.497 e. The van der Waals surface area contributed by atoms with Crippen LogP contribution in [0.3, 0.4) is 0 Å². The largest absolute Gasteiger partial charge is 0.497 e. The lowest BCUT2D eigenvalue weighted by molar-refractivity contribution is -0.132. The van der Waals surface area contributed by atoms with Crippen LogP contribution < -0.4 is 4.74 Å². The summed E-state index contributed by atoms with van der Waals surface area (Å²) in [6.45, 7) is 2.70. The lowest BCUT2D eigenvalue weighted by atomic mass is 10.1. The Kier molecular flexibility index (Phi) is 4.65. The number of hydrogen-bond donors (Lipinski definition) is 0. The molecule has 1 aliphatic heterocycles. The van der Waals surface area contributed by atoms with Gasteiger partial charge in [-0.25, -0.2) is 0 Å². The van der Waals surface area contributed by atoms with Gasteiger partial charge in [0.2, 0.25) is 5.91 Å². The van der Waals surface area contributed by atoms with Crippen molar-refractivity contribution in [3.05, 3.63) is 47.3 Å². The number of hydrogen-bond acceptors (Lipinski definition) is 4. The summed E-state index contributed by atoms with van der Waals surface area (Å²) < 4.78 is 10.5. The van der Waals surface area contributed by atoms with Crippen LogP contribution in [0.1, 0.15) is 42.3 Å². The van der Waals surface area contributed by atoms with E-state index in [1.807, 2.05) is 42.2 Å². The molecule has 1 amide bonds. The molecule has 0 spiro atoms. The normalized spacial score (nSPS) is 17.5. The highest BCUT2D eigenvalue weighted by molar-refractivity contribution is 5.77. The van der Waals surface area contributed by atoms with Gasteiger partial charge >= 0.3 is 0 Å². The molecule has 0 saturated carbocycles. The molecule has 2 aromatic rings. The Hall–Kier alpha value is -2.30. The first-order valence-electron chi connectivity index (χ1n) is 8.03. The quantitative estimate of drug-likeness (QED) is 0.850. The Labute approximate surface area is 136 Å². The molecule has 2 heterocycles. The number of benzene rings is 1. The van der Waals surface area contributed by atoms with Crippen LogP contribution in [0.25, 0.3) is 0 Å². The van der Waals surface area contributed by atoms with Crippen molar-refractivity contribution >= 4 is 5.91 Å². The predicted octanol–water partition coefficient (Wildman–Crippen LogP) is 3.29. The van der Waals surface area contributed by atoms with Gasteiger partial charge in [0.15, 0.2) is 5.76 Å². The maximum atomic E-state index is 12.6. The molecule has 122 valence electrons. The van der Waals surface area contributed by atoms with Crippen LogP contribution in [-0.2, 0) is 11.2 Å². The SMILES string of the molecule is COc1ccc(CCC(=O)N2CCC[C@@H]2c2cc(C)no2)cc1. The molecule has 1 aromatic carbocycles. The minimum atomic E-state index is 0.0413. The molecule has 0 bridgehead atoms. The summed E-state index contributed by atoms with van der Waals surface area (Å²) >= 11 is 0. The summed E-state index contributed by atoms with van der Waals surface area (Å²) in [5, 5.41) is 3.94. The smallest absolute Gasteiger partial charge is 0.223 e. The van der Waals surface area contributed by atoms with E-state index in [0.717, 1.165) is 48.6 Å². The van der Waals surface area contributed by atoms with Crippen molar-refractivity contribution in [3.63, 3.8) is 0 Å². The molecule has 5 heteroatoms. The Morgan fingerprint density at radius 1 is 1.39 bits per heavy atom. The number of carbonyl (C=O) groups is 1. The second-order valence-electron chi connectivity index (χ2n) is 5.96. The Balaban J connectivity index is 1.60. The number of aromatic nitrogens is 1. The second kappa shape index (κ2) is 6.86. The first kappa shape index (κ1) is 15.6. The molecule has 1 aliphatic rings. The van der Waals surface area contributed by atoms with Crippen LogP contribution in [0.15, 0.2) is 34.9 Å². The summed E-state index contributed by atoms with van der Waals surface area (Å²) in [7, 11) is 1.65. The van der Waals surface area contributed by atoms with Gasteiger partial charge in [0.05, 0.1) is 18.8 Å². The Morgan fingerprint density at radius 2 is 2.17 bits per heavy atom. The number of nitrogens with zero attached hydrogens (tertiary/aromatic N) is 2. The van der Waals surface area contributed by atoms with E-state index in [4.69, 9.17) is 9.26 Å². The molecular weight excluding hydrogens is 292 g/mol. The fourth-order valence-corrected chi connectivity index (χ4v) is 3.09. The summed E-state index contributed by atoms with van der Waals surface area (Å²) in [6.07, 6.45) is 3.21. The zero-order valence-corrected chi connectivity index (χ0v) is 13.6. The van der Waals surface area contributed by atoms with Crippen molar-refractivity contribution < 1.29 is 14.1 Å². The fourth-order valence-electron chi connectivity index (χ4n) is 3.09. The molecule has 0 N–H and O–H groups in total. The van der Waals surface area contributed by atoms with Crippen molar-refractivity contribution in [1.29, 1.82) is 0 Å². The topological polar surface area (TPSA) is 55.6 Å². The third kappa shape index (κ3) is 3.55. The summed E-state index contributed by atoms with van der Waals surface area (Å²) in [6, 6.07) is 9.84. The van der Waals surface area contributed by atoms with Crippen LogP contribution in [0.2, 0.25) is 0 Å². The van der Waals surface area contributed by atoms with E-state index >= 15 is 0 Å². The molecular formula is C18H22N2O3. The lowest BCUT2D eigenvalue weighted by Crippen LogP contribution is -2.30. The molecule has 1 fully saturated rings. The molecule has 0 radical (unpaired) electrons. The van der Waals surface area contributed by atoms with Gasteiger partial charge in [-0.2, -0.15) is 0 Å². The highest BCUT2D eigenvalue weighted by Crippen LogP contribution is 2.32. The number of methoxy groups -OCH3 is 1. The van der Waals surface area contributed by atoms with E-state index in [1.165, 1.54) is 0 Å². The van der Waals surface area contributed by atoms with E-state index in [1.54, 1.807) is 7.11 Å². The minimum absolute atomic E-state index is 0.0413. The average Bonchev–Trinajstić information content (AvgIpc) is 3.21. The maximum absolute atomic E-state index is 12.6. The third-order valence-electron chi connectivity index (χ3n) is 4.33. The fraction of sp³-hybridized carbons (Fsp3) is 0.444. The van der Waals surface area contributed by atoms with Crippen molar-refractivity contribution in [2.24, 2.45) is 0 Å². The number of rotatable bonds is 5. The predicted molar refractivity (Wildman–Crippen MR) is 86.2 cm³/mol. The highest BCUT2D eigenvalue weighted by atomic mass is 16.5. The van der Waals surface area contributed by atoms with Crippen LogP contribution in [0.5, 0.6) is 5.75 Å². The molecule has 1 atom stereocenters. The van der Waals surface area contributed by atoms with E-state index in [0.29, 0.717) is 6.42 Å². The van der Waals surface area contributed by atoms with Gasteiger partial charge in [0, 0.05) is 19.0 Å². The molecule has 5 nitrogen and oxygen atoms in total. The van der Waals surface area contributed by atoms with Gasteiger partial charge in [0.1, 0.15) is 5.75 Å². The first-order chi connectivity index (χ1) is 11.2. The third-order valence-corrected chi connectivity index (χ3v) is 4.33. The molecule has 0 aliphatic carbocycles. The number of likely N-dealkylation sites (tertiary alicyclic amines) is 1. The van der Waals surface area contributed by atoms with E-state index in [9.17, 15) is 4.79 Å². The summed E-state index contributed by atoms with van der Waals surface area (Å²) in [5.41, 5.74) is 2.00. The Morgan fingerprint density at radius 3 is 2.83 bits per heavy atom. The van der Waals surface area contributed by atoms with Gasteiger partial charge in [-0.3, -0.25) is 4.79 Å². The van der Waals surface area contributed by atoms with Crippen LogP contribution >= 0.6 is 0 Å². The lowest BCUT2D eigenvalue weighted by Gasteiger charge is -2.22. The monoisotopic (exact) mass is 314 g/mol. The number of amides is 1. The van der Waals surface area contributed by atoms with Crippen LogP contribution in [0, 0.1) is 6.92 Å². The number of carbonyl (C=O) groups excluding carboxylic acids is 1. The van der Waals surface area contributed by atoms with Gasteiger partial charge in [-0.05, 0) is 43.9 Å². The second-order valence-corrected chi connectivity index (χ2v) is 5.96. The van der Waals surface area contributed by atoms with Crippen LogP contribution in [0.4, 0.5) is 0 Å². The molecule has 1 saturated heterocycles. The van der Waals surface area contributed by atoms with Gasteiger partial charge in [-0.1, -0.05) is 17.3 Å². The highest BCUT2D eigenvalue weighted by Gasteiger charge is 2.32. The van der Waals surface area contributed by atoms with Crippen molar-refractivity contribution in [2.45, 2.75) is 38.6 Å². The van der Waals surface area contributed by atoms with Crippen LogP contribution in [-0.4, -0.2) is 29.6 Å². The Bertz CT molecular complexity index is 663. The average molecular weight is 314 g/mol. The molecule has 23 heavy (non-hydrogen) atoms. The summed E-state index contributed by atoms with van der Waals surface area (Å²) in [4.78, 5) is 14.5. The van der Waals surface area contributed by atoms with E-state index in [2.05, 4.69) is 5.16 Å². The number of ether oxygens (including phenoxy) is 1. The number of aryl methyl sites for hydroxylation is 2. The molecule has 0 unspecified atom stereocenters. The van der Waals surface area contributed by atoms with Gasteiger partial charge in [0.25, 0.3) is 0 Å². The summed E-state index contributed by atoms with van der Waals surface area (Å²) in [5.74, 6) is 1.82. The van der Waals surface area contributed by atoms with Crippen molar-refractivity contribution in [3.8, 4) is 5.75 Å². The molecule has 3 rings (SSSR count). The first-order valence-corrected chi connectivity index (χ1v) is 8.03. The zero-order chi connectivity index (χ0) is 16.2. The van der Waals surface area contributed by atoms with Gasteiger partial charge in [-0.15, -0.1) is 0 Å². The van der Waals surface area contributed by atoms with Crippen molar-refractivity contribution in [2.75, 3.05) is 13.7 Å². The maximum Gasteiger partial charge on any atom is 0.223 e. The molecule has 1 aromatic heterocycles. The van der Waals surface area contributed by atoms with Crippen molar-refractivity contribution in [1.82, 2.24) is 10.1 Å².